The van der Waals surface area contributed by atoms with Crippen molar-refractivity contribution in [2.24, 2.45) is 0 Å². The molecular formula is C7H12N4O4. The van der Waals surface area contributed by atoms with E-state index in [0.717, 1.165) is 0 Å². The lowest BCUT2D eigenvalue weighted by Gasteiger charge is -2.20. The van der Waals surface area contributed by atoms with E-state index in [2.05, 4.69) is 10.4 Å². The number of aliphatic hydroxyl groups excluding tert-OH is 1. The number of hydrogen-bond acceptors (Lipinski definition) is 6. The number of hydrogen-bond donors (Lipinski definition) is 5. The second-order valence-corrected chi connectivity index (χ2v) is 3.36. The molecule has 0 saturated heterocycles. The third-order valence-corrected chi connectivity index (χ3v) is 1.69. The van der Waals surface area contributed by atoms with Gasteiger partial charge in [0.05, 0.1) is 6.61 Å². The molecule has 1 aromatic rings. The number of nitrogens with zero attached hydrogens (tertiary/aromatic N) is 1. The van der Waals surface area contributed by atoms with Gasteiger partial charge < -0.3 is 15.5 Å². The Kier molecular flexibility index (Phi) is 3.22. The van der Waals surface area contributed by atoms with E-state index in [0.29, 0.717) is 0 Å². The van der Waals surface area contributed by atoms with Crippen LogP contribution in [0, 0.1) is 0 Å². The third kappa shape index (κ3) is 3.18. The van der Waals surface area contributed by atoms with Crippen LogP contribution < -0.4 is 16.6 Å². The highest BCUT2D eigenvalue weighted by molar-refractivity contribution is 5.29. The van der Waals surface area contributed by atoms with Gasteiger partial charge in [-0.1, -0.05) is 0 Å². The van der Waals surface area contributed by atoms with Crippen molar-refractivity contribution in [2.75, 3.05) is 18.5 Å². The lowest BCUT2D eigenvalue weighted by Crippen LogP contribution is -2.39. The average molecular weight is 216 g/mol. The SMILES string of the molecule is CC(O)(CO)CNc1n[nH]c(=O)[nH]c1=O. The fourth-order valence-corrected chi connectivity index (χ4v) is 0.798. The Balaban J connectivity index is 2.75. The summed E-state index contributed by atoms with van der Waals surface area (Å²) < 4.78 is 0. The molecule has 0 fully saturated rings. The first-order valence-electron chi connectivity index (χ1n) is 4.21. The normalized spacial score (nSPS) is 14.6. The fourth-order valence-electron chi connectivity index (χ4n) is 0.798. The molecule has 0 radical (unpaired) electrons. The summed E-state index contributed by atoms with van der Waals surface area (Å²) in [6.07, 6.45) is 0. The van der Waals surface area contributed by atoms with Gasteiger partial charge in [0, 0.05) is 6.54 Å². The van der Waals surface area contributed by atoms with Crippen LogP contribution in [0.5, 0.6) is 0 Å². The summed E-state index contributed by atoms with van der Waals surface area (Å²) in [5.74, 6) is -0.122. The minimum atomic E-state index is -1.36. The van der Waals surface area contributed by atoms with Gasteiger partial charge in [-0.2, -0.15) is 0 Å². The number of anilines is 1. The van der Waals surface area contributed by atoms with Crippen LogP contribution in [-0.2, 0) is 0 Å². The van der Waals surface area contributed by atoms with Gasteiger partial charge in [-0.3, -0.25) is 9.78 Å². The zero-order valence-electron chi connectivity index (χ0n) is 8.07. The summed E-state index contributed by atoms with van der Waals surface area (Å²) in [6.45, 7) is 0.868. The second kappa shape index (κ2) is 4.24. The Morgan fingerprint density at radius 3 is 2.73 bits per heavy atom. The molecule has 84 valence electrons. The van der Waals surface area contributed by atoms with E-state index in [4.69, 9.17) is 5.11 Å². The molecule has 0 bridgehead atoms. The van der Waals surface area contributed by atoms with Crippen molar-refractivity contribution < 1.29 is 10.2 Å². The first kappa shape index (κ1) is 11.4. The van der Waals surface area contributed by atoms with Crippen LogP contribution in [0.4, 0.5) is 5.82 Å². The lowest BCUT2D eigenvalue weighted by atomic mass is 10.1. The van der Waals surface area contributed by atoms with Crippen molar-refractivity contribution in [3.8, 4) is 0 Å². The topological polar surface area (TPSA) is 131 Å². The smallest absolute Gasteiger partial charge is 0.342 e. The van der Waals surface area contributed by atoms with Gasteiger partial charge in [-0.05, 0) is 6.92 Å². The second-order valence-electron chi connectivity index (χ2n) is 3.36. The molecule has 1 heterocycles. The van der Waals surface area contributed by atoms with Gasteiger partial charge in [0.1, 0.15) is 5.60 Å². The van der Waals surface area contributed by atoms with Crippen molar-refractivity contribution >= 4 is 5.82 Å². The monoisotopic (exact) mass is 216 g/mol. The van der Waals surface area contributed by atoms with E-state index in [9.17, 15) is 14.7 Å². The molecule has 1 aromatic heterocycles. The molecule has 1 atom stereocenters. The summed E-state index contributed by atoms with van der Waals surface area (Å²) >= 11 is 0. The largest absolute Gasteiger partial charge is 0.393 e. The maximum Gasteiger partial charge on any atom is 0.342 e. The molecule has 0 saturated carbocycles. The van der Waals surface area contributed by atoms with E-state index in [1.165, 1.54) is 6.92 Å². The maximum absolute atomic E-state index is 11.1. The minimum absolute atomic E-state index is 0.0639. The van der Waals surface area contributed by atoms with Gasteiger partial charge in [0.15, 0.2) is 0 Å². The van der Waals surface area contributed by atoms with Crippen LogP contribution in [-0.4, -0.2) is 44.1 Å². The summed E-state index contributed by atoms with van der Waals surface area (Å²) in [4.78, 5) is 23.7. The van der Waals surface area contributed by atoms with Crippen LogP contribution in [0.1, 0.15) is 6.92 Å². The Hall–Kier alpha value is -1.67. The van der Waals surface area contributed by atoms with E-state index >= 15 is 0 Å². The Morgan fingerprint density at radius 2 is 2.20 bits per heavy atom. The Labute approximate surface area is 84.0 Å². The average Bonchev–Trinajstić information content (AvgIpc) is 2.16. The summed E-state index contributed by atoms with van der Waals surface area (Å²) in [5.41, 5.74) is -2.75. The minimum Gasteiger partial charge on any atom is -0.393 e. The molecule has 8 heteroatoms. The summed E-state index contributed by atoms with van der Waals surface area (Å²) in [5, 5.41) is 26.1. The van der Waals surface area contributed by atoms with Crippen LogP contribution in [0.25, 0.3) is 0 Å². The molecule has 0 spiro atoms. The van der Waals surface area contributed by atoms with Gasteiger partial charge >= 0.3 is 5.69 Å². The van der Waals surface area contributed by atoms with Crippen LogP contribution in [0.3, 0.4) is 0 Å². The predicted molar refractivity (Wildman–Crippen MR) is 51.7 cm³/mol. The molecule has 0 amide bonds. The quantitative estimate of drug-likeness (QED) is 0.381. The number of aromatic amines is 2. The number of aliphatic hydroxyl groups is 2. The zero-order chi connectivity index (χ0) is 11.5. The van der Waals surface area contributed by atoms with Crippen molar-refractivity contribution in [3.05, 3.63) is 20.8 Å². The van der Waals surface area contributed by atoms with Crippen LogP contribution in [0.2, 0.25) is 0 Å². The first-order chi connectivity index (χ1) is 6.94. The van der Waals surface area contributed by atoms with Crippen molar-refractivity contribution in [1.29, 1.82) is 0 Å². The standard InChI is InChI=1S/C7H12N4O4/c1-7(15,3-12)2-8-4-5(13)9-6(14)11-10-4/h12,15H,2-3H2,1H3,(H,8,10)(H2,9,11,13,14). The number of nitrogens with one attached hydrogen (secondary N) is 3. The molecule has 0 aromatic carbocycles. The highest BCUT2D eigenvalue weighted by Crippen LogP contribution is 2.01. The Morgan fingerprint density at radius 1 is 1.53 bits per heavy atom. The van der Waals surface area contributed by atoms with Crippen molar-refractivity contribution in [1.82, 2.24) is 15.2 Å². The molecule has 8 nitrogen and oxygen atoms in total. The van der Waals surface area contributed by atoms with E-state index in [-0.39, 0.29) is 12.4 Å². The van der Waals surface area contributed by atoms with Gasteiger partial charge in [0.2, 0.25) is 5.82 Å². The van der Waals surface area contributed by atoms with Gasteiger partial charge in [-0.25, -0.2) is 9.89 Å². The molecule has 1 unspecified atom stereocenters. The van der Waals surface area contributed by atoms with Crippen molar-refractivity contribution in [3.63, 3.8) is 0 Å². The Bertz CT molecular complexity index is 435. The summed E-state index contributed by atoms with van der Waals surface area (Å²) in [7, 11) is 0. The highest BCUT2D eigenvalue weighted by atomic mass is 16.3. The van der Waals surface area contributed by atoms with E-state index in [1.54, 1.807) is 0 Å². The number of aromatic nitrogens is 3. The van der Waals surface area contributed by atoms with Crippen molar-refractivity contribution in [2.45, 2.75) is 12.5 Å². The van der Waals surface area contributed by atoms with Gasteiger partial charge in [-0.15, -0.1) is 5.10 Å². The summed E-state index contributed by atoms with van der Waals surface area (Å²) in [6, 6.07) is 0. The first-order valence-corrected chi connectivity index (χ1v) is 4.21. The predicted octanol–water partition coefficient (Wildman–Crippen LogP) is -2.39. The molecule has 1 rings (SSSR count). The third-order valence-electron chi connectivity index (χ3n) is 1.69. The van der Waals surface area contributed by atoms with E-state index < -0.39 is 23.5 Å². The fraction of sp³-hybridized carbons (Fsp3) is 0.571. The molecule has 0 aliphatic heterocycles. The zero-order valence-corrected chi connectivity index (χ0v) is 8.07. The van der Waals surface area contributed by atoms with E-state index in [1.807, 2.05) is 10.1 Å². The molecule has 0 aliphatic rings. The molecule has 15 heavy (non-hydrogen) atoms. The lowest BCUT2D eigenvalue weighted by molar-refractivity contribution is 0.0131. The van der Waals surface area contributed by atoms with Crippen LogP contribution >= 0.6 is 0 Å². The van der Waals surface area contributed by atoms with Gasteiger partial charge in [0.25, 0.3) is 5.56 Å². The molecular weight excluding hydrogens is 204 g/mol. The molecule has 5 N–H and O–H groups in total. The number of rotatable bonds is 4. The number of H-pyrrole nitrogens is 2. The molecule has 0 aliphatic carbocycles. The van der Waals surface area contributed by atoms with Crippen LogP contribution in [0.15, 0.2) is 9.59 Å². The highest BCUT2D eigenvalue weighted by Gasteiger charge is 2.19. The maximum atomic E-state index is 11.1.